The highest BCUT2D eigenvalue weighted by Crippen LogP contribution is 2.41. The van der Waals surface area contributed by atoms with Gasteiger partial charge in [0, 0.05) is 6.42 Å². The van der Waals surface area contributed by atoms with E-state index in [4.69, 9.17) is 5.11 Å². The summed E-state index contributed by atoms with van der Waals surface area (Å²) in [5.74, 6) is -0.730. The van der Waals surface area contributed by atoms with Crippen LogP contribution in [0.1, 0.15) is 18.4 Å². The maximum atomic E-state index is 11.0. The Balaban J connectivity index is 1.92. The fourth-order valence-corrected chi connectivity index (χ4v) is 4.37. The number of aryl methyl sites for hydroxylation is 1. The normalized spacial score (nSPS) is 11.8. The summed E-state index contributed by atoms with van der Waals surface area (Å²) in [5, 5.41) is 19.2. The van der Waals surface area contributed by atoms with E-state index in [1.807, 2.05) is 0 Å². The number of carboxylic acids is 1. The highest BCUT2D eigenvalue weighted by atomic mass is 16.4. The summed E-state index contributed by atoms with van der Waals surface area (Å²) in [6.45, 7) is 0. The molecule has 0 radical (unpaired) electrons. The number of carbonyl (C=O) groups is 1. The third kappa shape index (κ3) is 2.15. The van der Waals surface area contributed by atoms with Crippen LogP contribution >= 0.6 is 0 Å². The first-order valence-corrected chi connectivity index (χ1v) is 9.03. The molecule has 0 saturated carbocycles. The van der Waals surface area contributed by atoms with Crippen molar-refractivity contribution < 1.29 is 9.90 Å². The molecule has 2 nitrogen and oxygen atoms in total. The van der Waals surface area contributed by atoms with Crippen molar-refractivity contribution in [2.24, 2.45) is 0 Å². The molecule has 1 N–H and O–H groups in total. The van der Waals surface area contributed by atoms with Crippen LogP contribution in [-0.2, 0) is 11.2 Å². The number of aliphatic carboxylic acids is 1. The minimum absolute atomic E-state index is 0.205. The van der Waals surface area contributed by atoms with Gasteiger partial charge in [-0.15, -0.1) is 0 Å². The molecule has 0 saturated heterocycles. The molecule has 0 aliphatic carbocycles. The minimum Gasteiger partial charge on any atom is -0.481 e. The molecular formula is C24H18O2. The van der Waals surface area contributed by atoms with Crippen molar-refractivity contribution in [3.05, 3.63) is 72.3 Å². The first-order valence-electron chi connectivity index (χ1n) is 9.03. The average molecular weight is 338 g/mol. The summed E-state index contributed by atoms with van der Waals surface area (Å²) in [7, 11) is 0. The number of hydrogen-bond acceptors (Lipinski definition) is 1. The van der Waals surface area contributed by atoms with E-state index in [2.05, 4.69) is 66.7 Å². The molecule has 2 heteroatoms. The number of carboxylic acid groups (broad SMARTS) is 1. The van der Waals surface area contributed by atoms with Crippen LogP contribution in [-0.4, -0.2) is 11.1 Å². The molecule has 5 aromatic carbocycles. The molecule has 0 heterocycles. The average Bonchev–Trinajstić information content (AvgIpc) is 2.67. The number of hydrogen-bond donors (Lipinski definition) is 1. The topological polar surface area (TPSA) is 37.3 Å². The molecule has 5 rings (SSSR count). The van der Waals surface area contributed by atoms with Crippen LogP contribution in [0.3, 0.4) is 0 Å². The number of benzene rings is 5. The zero-order valence-corrected chi connectivity index (χ0v) is 14.3. The number of fused-ring (bicyclic) bond motifs is 2. The van der Waals surface area contributed by atoms with Gasteiger partial charge in [-0.25, -0.2) is 0 Å². The van der Waals surface area contributed by atoms with Gasteiger partial charge in [0.1, 0.15) is 0 Å². The molecule has 0 aromatic heterocycles. The highest BCUT2D eigenvalue weighted by molar-refractivity contribution is 6.30. The van der Waals surface area contributed by atoms with Crippen molar-refractivity contribution in [3.8, 4) is 0 Å². The smallest absolute Gasteiger partial charge is 0.303 e. The maximum Gasteiger partial charge on any atom is 0.303 e. The molecule has 0 bridgehead atoms. The fourth-order valence-electron chi connectivity index (χ4n) is 4.37. The Kier molecular flexibility index (Phi) is 3.32. The molecule has 126 valence electrons. The molecular weight excluding hydrogens is 320 g/mol. The lowest BCUT2D eigenvalue weighted by Crippen LogP contribution is -1.98. The molecule has 0 amide bonds. The van der Waals surface area contributed by atoms with Crippen LogP contribution in [0.15, 0.2) is 66.7 Å². The van der Waals surface area contributed by atoms with Gasteiger partial charge < -0.3 is 5.11 Å². The van der Waals surface area contributed by atoms with Crippen molar-refractivity contribution in [1.29, 1.82) is 0 Å². The molecule has 0 aliphatic heterocycles. The van der Waals surface area contributed by atoms with Crippen molar-refractivity contribution in [1.82, 2.24) is 0 Å². The molecule has 26 heavy (non-hydrogen) atoms. The molecule has 5 aromatic rings. The third-order valence-electron chi connectivity index (χ3n) is 5.46. The third-order valence-corrected chi connectivity index (χ3v) is 5.46. The van der Waals surface area contributed by atoms with Crippen molar-refractivity contribution in [3.63, 3.8) is 0 Å². The van der Waals surface area contributed by atoms with E-state index in [0.29, 0.717) is 6.42 Å². The Morgan fingerprint density at radius 2 is 1.38 bits per heavy atom. The van der Waals surface area contributed by atoms with Crippen LogP contribution in [0.2, 0.25) is 0 Å². The van der Waals surface area contributed by atoms with Gasteiger partial charge in [0.15, 0.2) is 0 Å². The molecule has 0 unspecified atom stereocenters. The Morgan fingerprint density at radius 3 is 2.12 bits per heavy atom. The van der Waals surface area contributed by atoms with E-state index in [1.165, 1.54) is 48.7 Å². The van der Waals surface area contributed by atoms with E-state index >= 15 is 0 Å². The SMILES string of the molecule is O=C(O)CCCc1c2ccccc2c2ccc3cccc4ccc1c2c43. The van der Waals surface area contributed by atoms with Gasteiger partial charge in [0.2, 0.25) is 0 Å². The van der Waals surface area contributed by atoms with E-state index in [-0.39, 0.29) is 6.42 Å². The highest BCUT2D eigenvalue weighted by Gasteiger charge is 2.15. The van der Waals surface area contributed by atoms with Crippen LogP contribution in [0, 0.1) is 0 Å². The molecule has 0 aliphatic rings. The maximum absolute atomic E-state index is 11.0. The van der Waals surface area contributed by atoms with Crippen LogP contribution in [0.25, 0.3) is 43.1 Å². The summed E-state index contributed by atoms with van der Waals surface area (Å²) in [4.78, 5) is 11.0. The van der Waals surface area contributed by atoms with Crippen molar-refractivity contribution in [2.45, 2.75) is 19.3 Å². The Morgan fingerprint density at radius 1 is 0.692 bits per heavy atom. The lowest BCUT2D eigenvalue weighted by atomic mass is 9.86. The number of rotatable bonds is 4. The Labute approximate surface area is 151 Å². The fraction of sp³-hybridized carbons (Fsp3) is 0.125. The van der Waals surface area contributed by atoms with E-state index in [9.17, 15) is 4.79 Å². The van der Waals surface area contributed by atoms with Crippen LogP contribution in [0.4, 0.5) is 0 Å². The van der Waals surface area contributed by atoms with Crippen molar-refractivity contribution >= 4 is 49.1 Å². The van der Waals surface area contributed by atoms with Gasteiger partial charge in [0.05, 0.1) is 0 Å². The first kappa shape index (κ1) is 15.2. The van der Waals surface area contributed by atoms with E-state index in [1.54, 1.807) is 0 Å². The minimum atomic E-state index is -0.730. The van der Waals surface area contributed by atoms with Crippen LogP contribution < -0.4 is 0 Å². The molecule has 0 spiro atoms. The van der Waals surface area contributed by atoms with E-state index < -0.39 is 5.97 Å². The second kappa shape index (κ2) is 5.70. The lowest BCUT2D eigenvalue weighted by molar-refractivity contribution is -0.137. The summed E-state index contributed by atoms with van der Waals surface area (Å²) in [6, 6.07) is 23.8. The summed E-state index contributed by atoms with van der Waals surface area (Å²) in [5.41, 5.74) is 1.27. The first-order chi connectivity index (χ1) is 12.7. The largest absolute Gasteiger partial charge is 0.481 e. The quantitative estimate of drug-likeness (QED) is 0.315. The Bertz CT molecular complexity index is 1270. The van der Waals surface area contributed by atoms with Gasteiger partial charge in [-0.3, -0.25) is 4.79 Å². The zero-order valence-electron chi connectivity index (χ0n) is 14.3. The standard InChI is InChI=1S/C24H18O2/c25-22(26)10-4-9-19-17-7-1-2-8-18(17)20-13-11-15-5-3-6-16-12-14-21(19)24(20)23(15)16/h1-3,5-8,11-14H,4,9-10H2,(H,25,26). The summed E-state index contributed by atoms with van der Waals surface area (Å²) < 4.78 is 0. The second-order valence-corrected chi connectivity index (χ2v) is 6.95. The predicted molar refractivity (Wildman–Crippen MR) is 108 cm³/mol. The second-order valence-electron chi connectivity index (χ2n) is 6.95. The van der Waals surface area contributed by atoms with Gasteiger partial charge in [-0.1, -0.05) is 66.7 Å². The Hall–Kier alpha value is -3.13. The lowest BCUT2D eigenvalue weighted by Gasteiger charge is -2.17. The van der Waals surface area contributed by atoms with Gasteiger partial charge in [0.25, 0.3) is 0 Å². The van der Waals surface area contributed by atoms with E-state index in [0.717, 1.165) is 6.42 Å². The van der Waals surface area contributed by atoms with Gasteiger partial charge in [-0.05, 0) is 61.5 Å². The van der Waals surface area contributed by atoms with Gasteiger partial charge >= 0.3 is 5.97 Å². The van der Waals surface area contributed by atoms with Gasteiger partial charge in [-0.2, -0.15) is 0 Å². The summed E-state index contributed by atoms with van der Waals surface area (Å²) in [6.07, 6.45) is 1.64. The summed E-state index contributed by atoms with van der Waals surface area (Å²) >= 11 is 0. The molecule has 0 fully saturated rings. The van der Waals surface area contributed by atoms with Crippen LogP contribution in [0.5, 0.6) is 0 Å². The molecule has 0 atom stereocenters. The zero-order chi connectivity index (χ0) is 17.7. The monoisotopic (exact) mass is 338 g/mol. The predicted octanol–water partition coefficient (Wildman–Crippen LogP) is 6.14. The van der Waals surface area contributed by atoms with Crippen molar-refractivity contribution in [2.75, 3.05) is 0 Å².